The molecule has 0 saturated carbocycles. The molecule has 172 valence electrons. The summed E-state index contributed by atoms with van der Waals surface area (Å²) in [6.45, 7) is 0. The molecule has 0 amide bonds. The van der Waals surface area contributed by atoms with Crippen molar-refractivity contribution in [2.75, 3.05) is 0 Å². The highest BCUT2D eigenvalue weighted by atomic mass is 16.4. The summed E-state index contributed by atoms with van der Waals surface area (Å²) < 4.78 is 0. The molecule has 8 bridgehead atoms. The Kier molecular flexibility index (Phi) is 6.65. The number of nitrogens with two attached hydrogens (primary N) is 1. The summed E-state index contributed by atoms with van der Waals surface area (Å²) in [5, 5.41) is 16.3. The number of hydrogen-bond acceptors (Lipinski definition) is 5. The first kappa shape index (κ1) is 22.7. The number of carboxylic acids is 2. The summed E-state index contributed by atoms with van der Waals surface area (Å²) in [5.74, 6) is -2.20. The van der Waals surface area contributed by atoms with Crippen LogP contribution in [0.3, 0.4) is 0 Å². The van der Waals surface area contributed by atoms with Gasteiger partial charge in [-0.05, 0) is 79.3 Å². The van der Waals surface area contributed by atoms with E-state index in [4.69, 9.17) is 15.9 Å². The first-order valence-electron chi connectivity index (χ1n) is 10.6. The molecule has 2 aliphatic rings. The number of aromatic nitrogens is 4. The van der Waals surface area contributed by atoms with Gasteiger partial charge in [0.2, 0.25) is 0 Å². The molecule has 9 heteroatoms. The van der Waals surface area contributed by atoms with E-state index in [0.717, 1.165) is 44.8 Å². The van der Waals surface area contributed by atoms with Gasteiger partial charge < -0.3 is 25.9 Å². The van der Waals surface area contributed by atoms with Gasteiger partial charge in [0.05, 0.1) is 22.8 Å². The van der Waals surface area contributed by atoms with Gasteiger partial charge in [0.15, 0.2) is 0 Å². The Bertz CT molecular complexity index is 1360. The summed E-state index contributed by atoms with van der Waals surface area (Å²) in [7, 11) is 0. The van der Waals surface area contributed by atoms with Crippen LogP contribution >= 0.6 is 0 Å². The highest BCUT2D eigenvalue weighted by molar-refractivity contribution is 5.77. The van der Waals surface area contributed by atoms with Gasteiger partial charge >= 0.3 is 11.9 Å². The van der Waals surface area contributed by atoms with Gasteiger partial charge in [-0.15, -0.1) is 0 Å². The van der Waals surface area contributed by atoms with Crippen LogP contribution in [-0.4, -0.2) is 48.1 Å². The normalized spacial score (nSPS) is 12.6. The van der Waals surface area contributed by atoms with Gasteiger partial charge in [0, 0.05) is 28.5 Å². The Balaban J connectivity index is 0.000000235. The van der Waals surface area contributed by atoms with E-state index >= 15 is 0 Å². The average Bonchev–Trinajstić information content (AvgIpc) is 3.58. The second kappa shape index (κ2) is 9.97. The molecule has 0 aromatic carbocycles. The van der Waals surface area contributed by atoms with Crippen molar-refractivity contribution in [2.24, 2.45) is 5.73 Å². The number of fused-ring (bicyclic) bond motifs is 8. The third kappa shape index (κ3) is 6.05. The molecule has 6 N–H and O–H groups in total. The van der Waals surface area contributed by atoms with E-state index in [2.05, 4.69) is 50.3 Å². The lowest BCUT2D eigenvalue weighted by Gasteiger charge is -2.01. The van der Waals surface area contributed by atoms with Crippen molar-refractivity contribution >= 4 is 58.3 Å². The van der Waals surface area contributed by atoms with Gasteiger partial charge in [-0.1, -0.05) is 0 Å². The van der Waals surface area contributed by atoms with Crippen molar-refractivity contribution in [3.05, 3.63) is 71.3 Å². The van der Waals surface area contributed by atoms with Crippen LogP contribution in [0.4, 0.5) is 0 Å². The third-order valence-corrected chi connectivity index (χ3v) is 5.03. The van der Waals surface area contributed by atoms with E-state index in [0.29, 0.717) is 0 Å². The minimum Gasteiger partial charge on any atom is -0.481 e. The number of nitrogens with one attached hydrogen (secondary N) is 2. The Morgan fingerprint density at radius 3 is 1.56 bits per heavy atom. The number of nitrogens with zero attached hydrogens (tertiary/aromatic N) is 2. The molecule has 0 fully saturated rings. The molecule has 2 aliphatic heterocycles. The van der Waals surface area contributed by atoms with Crippen LogP contribution in [0.2, 0.25) is 0 Å². The summed E-state index contributed by atoms with van der Waals surface area (Å²) in [4.78, 5) is 35.9. The Morgan fingerprint density at radius 2 is 1.15 bits per heavy atom. The first-order chi connectivity index (χ1) is 16.3. The zero-order valence-electron chi connectivity index (χ0n) is 18.1. The number of carbonyl (C=O) groups is 2. The second-order valence-corrected chi connectivity index (χ2v) is 7.78. The smallest absolute Gasteiger partial charge is 0.320 e. The van der Waals surface area contributed by atoms with E-state index in [1.165, 1.54) is 0 Å². The lowest BCUT2D eigenvalue weighted by atomic mass is 10.2. The molecule has 1 atom stereocenters. The highest BCUT2D eigenvalue weighted by Crippen LogP contribution is 2.17. The van der Waals surface area contributed by atoms with E-state index in [9.17, 15) is 9.59 Å². The number of aliphatic carboxylic acids is 2. The molecule has 0 saturated heterocycles. The third-order valence-electron chi connectivity index (χ3n) is 5.03. The molecule has 3 aromatic rings. The van der Waals surface area contributed by atoms with Gasteiger partial charge in [-0.25, -0.2) is 9.97 Å². The molecule has 1 unspecified atom stereocenters. The average molecular weight is 457 g/mol. The standard InChI is InChI=1S/C20H14N4.C5H9NO4/c1-2-14-10-16-5-6-18(23-16)12-20-8-7-19(24-20)11-17-4-3-15(22-17)9-13(1)21-14;6-3(5(9)10)1-2-4(7)8/h1-12,21-22H;3H,1-2,6H2,(H,7,8)(H,9,10). The zero-order valence-corrected chi connectivity index (χ0v) is 18.1. The molecule has 3 aromatic heterocycles. The van der Waals surface area contributed by atoms with E-state index in [1.54, 1.807) is 0 Å². The summed E-state index contributed by atoms with van der Waals surface area (Å²) in [6.07, 6.45) is 7.82. The molecule has 34 heavy (non-hydrogen) atoms. The lowest BCUT2D eigenvalue weighted by molar-refractivity contribution is -0.139. The van der Waals surface area contributed by atoms with Crippen LogP contribution in [-0.2, 0) is 9.59 Å². The predicted octanol–water partition coefficient (Wildman–Crippen LogP) is 3.92. The van der Waals surface area contributed by atoms with Crippen LogP contribution in [0.1, 0.15) is 35.6 Å². The molecule has 0 radical (unpaired) electrons. The van der Waals surface area contributed by atoms with Crippen molar-refractivity contribution in [2.45, 2.75) is 18.9 Å². The van der Waals surface area contributed by atoms with Crippen LogP contribution in [0.5, 0.6) is 0 Å². The van der Waals surface area contributed by atoms with Crippen molar-refractivity contribution < 1.29 is 19.8 Å². The fraction of sp³-hybridized carbons (Fsp3) is 0.120. The largest absolute Gasteiger partial charge is 0.481 e. The van der Waals surface area contributed by atoms with E-state index < -0.39 is 18.0 Å². The predicted molar refractivity (Wildman–Crippen MR) is 131 cm³/mol. The molecule has 9 nitrogen and oxygen atoms in total. The quantitative estimate of drug-likeness (QED) is 0.274. The van der Waals surface area contributed by atoms with Crippen LogP contribution in [0.25, 0.3) is 46.4 Å². The fourth-order valence-corrected chi connectivity index (χ4v) is 3.35. The van der Waals surface area contributed by atoms with Crippen molar-refractivity contribution in [1.82, 2.24) is 19.9 Å². The molecular formula is C25H23N5O4. The Morgan fingerprint density at radius 1 is 0.735 bits per heavy atom. The zero-order chi connectivity index (χ0) is 24.1. The van der Waals surface area contributed by atoms with Crippen LogP contribution in [0, 0.1) is 0 Å². The lowest BCUT2D eigenvalue weighted by Crippen LogP contribution is -2.30. The van der Waals surface area contributed by atoms with E-state index in [1.807, 2.05) is 42.5 Å². The highest BCUT2D eigenvalue weighted by Gasteiger charge is 2.12. The number of aromatic amines is 2. The van der Waals surface area contributed by atoms with E-state index in [-0.39, 0.29) is 12.8 Å². The second-order valence-electron chi connectivity index (χ2n) is 7.78. The molecule has 5 heterocycles. The Labute approximate surface area is 194 Å². The molecular weight excluding hydrogens is 434 g/mol. The SMILES string of the molecule is C1=Cc2cc3ccc(cc4ccc(cc5nc(cc1n2)C=C5)[nH]4)[nH]3.NC(CCC(=O)O)C(=O)O. The summed E-state index contributed by atoms with van der Waals surface area (Å²) >= 11 is 0. The van der Waals surface area contributed by atoms with Crippen molar-refractivity contribution in [1.29, 1.82) is 0 Å². The molecule has 5 rings (SSSR count). The van der Waals surface area contributed by atoms with Crippen molar-refractivity contribution in [3.63, 3.8) is 0 Å². The van der Waals surface area contributed by atoms with Gasteiger partial charge in [-0.2, -0.15) is 0 Å². The maximum atomic E-state index is 9.99. The summed E-state index contributed by atoms with van der Waals surface area (Å²) in [5.41, 5.74) is 12.9. The first-order valence-corrected chi connectivity index (χ1v) is 10.6. The minimum absolute atomic E-state index is 0.0231. The fourth-order valence-electron chi connectivity index (χ4n) is 3.35. The number of rotatable bonds is 4. The summed E-state index contributed by atoms with van der Waals surface area (Å²) in [6, 6.07) is 15.3. The minimum atomic E-state index is -1.17. The Hall–Kier alpha value is -4.50. The number of carboxylic acid groups (broad SMARTS) is 2. The number of hydrogen-bond donors (Lipinski definition) is 5. The molecule has 0 aliphatic carbocycles. The van der Waals surface area contributed by atoms with Gasteiger partial charge in [0.25, 0.3) is 0 Å². The monoisotopic (exact) mass is 457 g/mol. The van der Waals surface area contributed by atoms with Crippen LogP contribution < -0.4 is 5.73 Å². The maximum absolute atomic E-state index is 9.99. The van der Waals surface area contributed by atoms with Gasteiger partial charge in [-0.3, -0.25) is 9.59 Å². The van der Waals surface area contributed by atoms with Crippen LogP contribution in [0.15, 0.2) is 48.5 Å². The number of H-pyrrole nitrogens is 2. The van der Waals surface area contributed by atoms with Gasteiger partial charge in [0.1, 0.15) is 6.04 Å². The van der Waals surface area contributed by atoms with Crippen molar-refractivity contribution in [3.8, 4) is 0 Å². The maximum Gasteiger partial charge on any atom is 0.320 e. The molecule has 0 spiro atoms. The topological polar surface area (TPSA) is 158 Å².